The Morgan fingerprint density at radius 2 is 1.13 bits per heavy atom. The Balaban J connectivity index is 1.49. The molecule has 0 radical (unpaired) electrons. The number of rotatable bonds is 44. The third kappa shape index (κ3) is 29.4. The van der Waals surface area contributed by atoms with E-state index in [1.165, 1.54) is 18.3 Å². The summed E-state index contributed by atoms with van der Waals surface area (Å²) >= 11 is 3.87. The van der Waals surface area contributed by atoms with E-state index in [0.717, 1.165) is 0 Å². The van der Waals surface area contributed by atoms with Gasteiger partial charge >= 0.3 is 23.9 Å². The standard InChI is InChI=1S/C50H72N16O20S/c51-49(52)56-11-1-3-30(62-45(78)32(22-38(71)72)60-35(67)4-2-10-54-42(75)27-5-7-28(8-6-27)57-24-29-25-58-41-40(59-29)47(80)66-50(53)65-41)44(77)64-33(23-39(73)74)46(79)63-31(21-37(69)70)43(76)55-12-14-84-16-18-86-20-19-85-17-15-83-13-9-36(68)61-34(26-87)48(81)82/h5-8,25,30-34,57,87H,1-4,9-24,26H2,(H,54,75)(H,55,76)(H,60,67)(H,61,68)(H,62,78)(H,63,79)(H,64,77)(H,69,70)(H,71,72)(H,73,74)(H,81,82)(H4,51,52,56)(H3,53,58,65,66,80)/t30-,31-,32-,33-,34-/m0/s1. The van der Waals surface area contributed by atoms with Gasteiger partial charge in [-0.15, -0.1) is 0 Å². The number of guanidine groups is 1. The molecule has 0 saturated carbocycles. The summed E-state index contributed by atoms with van der Waals surface area (Å²) in [6.07, 6.45) is -2.37. The minimum absolute atomic E-state index is 0.00451. The van der Waals surface area contributed by atoms with Gasteiger partial charge in [0.1, 0.15) is 30.2 Å². The zero-order valence-electron chi connectivity index (χ0n) is 46.9. The molecule has 2 aromatic heterocycles. The molecule has 0 aliphatic heterocycles. The van der Waals surface area contributed by atoms with Crippen LogP contribution in [0.2, 0.25) is 0 Å². The van der Waals surface area contributed by atoms with Gasteiger partial charge in [-0.05, 0) is 43.5 Å². The Kier molecular flexibility index (Phi) is 32.5. The number of H-pyrrole nitrogens is 1. The first kappa shape index (κ1) is 71.9. The van der Waals surface area contributed by atoms with Crippen LogP contribution >= 0.6 is 12.6 Å². The molecule has 0 aliphatic carbocycles. The number of thiol groups is 1. The van der Waals surface area contributed by atoms with Crippen LogP contribution in [-0.2, 0) is 73.4 Å². The Bertz CT molecular complexity index is 2920. The number of aliphatic imine (C=N–C) groups is 1. The van der Waals surface area contributed by atoms with Gasteiger partial charge < -0.3 is 99.1 Å². The molecule has 0 fully saturated rings. The van der Waals surface area contributed by atoms with Gasteiger partial charge in [-0.3, -0.25) is 62.7 Å². The first-order valence-electron chi connectivity index (χ1n) is 26.7. The molecule has 7 amide bonds. The van der Waals surface area contributed by atoms with E-state index in [4.69, 9.17) is 41.3 Å². The number of anilines is 2. The lowest BCUT2D eigenvalue weighted by molar-refractivity contribution is -0.143. The molecule has 478 valence electrons. The molecule has 2 heterocycles. The number of aromatic nitrogens is 4. The van der Waals surface area contributed by atoms with Gasteiger partial charge in [-0.1, -0.05) is 0 Å². The summed E-state index contributed by atoms with van der Waals surface area (Å²) in [5, 5.41) is 57.1. The Morgan fingerprint density at radius 1 is 0.609 bits per heavy atom. The van der Waals surface area contributed by atoms with Crippen LogP contribution in [0.25, 0.3) is 11.2 Å². The van der Waals surface area contributed by atoms with Gasteiger partial charge in [0.2, 0.25) is 41.4 Å². The van der Waals surface area contributed by atoms with Gasteiger partial charge in [0.15, 0.2) is 17.1 Å². The molecule has 5 atom stereocenters. The maximum Gasteiger partial charge on any atom is 0.327 e. The molecule has 19 N–H and O–H groups in total. The molecule has 36 nitrogen and oxygen atoms in total. The molecule has 87 heavy (non-hydrogen) atoms. The van der Waals surface area contributed by atoms with Crippen molar-refractivity contribution in [2.75, 3.05) is 89.3 Å². The molecule has 0 spiro atoms. The summed E-state index contributed by atoms with van der Waals surface area (Å²) in [7, 11) is 0. The summed E-state index contributed by atoms with van der Waals surface area (Å²) in [5.74, 6) is -13.0. The smallest absolute Gasteiger partial charge is 0.327 e. The van der Waals surface area contributed by atoms with Crippen LogP contribution in [0.15, 0.2) is 40.2 Å². The number of nitrogens with zero attached hydrogens (tertiary/aromatic N) is 4. The number of carboxylic acid groups (broad SMARTS) is 4. The zero-order valence-corrected chi connectivity index (χ0v) is 47.8. The minimum atomic E-state index is -1.99. The number of nitrogens with one attached hydrogen (secondary N) is 9. The quantitative estimate of drug-likeness (QED) is 0.0109. The molecule has 0 saturated heterocycles. The van der Waals surface area contributed by atoms with Crippen LogP contribution in [0.5, 0.6) is 0 Å². The largest absolute Gasteiger partial charge is 0.481 e. The Morgan fingerprint density at radius 3 is 1.69 bits per heavy atom. The van der Waals surface area contributed by atoms with Gasteiger partial charge in [-0.2, -0.15) is 17.6 Å². The van der Waals surface area contributed by atoms with E-state index in [2.05, 4.69) is 80.1 Å². The number of nitrogens with two attached hydrogens (primary N) is 3. The highest BCUT2D eigenvalue weighted by molar-refractivity contribution is 7.80. The number of aliphatic carboxylic acids is 4. The van der Waals surface area contributed by atoms with Gasteiger partial charge in [0.05, 0.1) is 90.6 Å². The van der Waals surface area contributed by atoms with Crippen molar-refractivity contribution in [3.05, 3.63) is 52.1 Å². The number of amides is 7. The molecule has 0 bridgehead atoms. The fourth-order valence-electron chi connectivity index (χ4n) is 7.30. The first-order chi connectivity index (χ1) is 41.4. The van der Waals surface area contributed by atoms with Crippen LogP contribution in [-0.4, -0.2) is 220 Å². The van der Waals surface area contributed by atoms with Gasteiger partial charge in [0.25, 0.3) is 11.5 Å². The second-order valence-electron chi connectivity index (χ2n) is 18.5. The fourth-order valence-corrected chi connectivity index (χ4v) is 7.54. The topological polar surface area (TPSA) is 564 Å². The van der Waals surface area contributed by atoms with E-state index in [9.17, 15) is 72.9 Å². The van der Waals surface area contributed by atoms with E-state index in [0.29, 0.717) is 11.4 Å². The molecule has 0 unspecified atom stereocenters. The second kappa shape index (κ2) is 39.3. The van der Waals surface area contributed by atoms with Crippen molar-refractivity contribution in [3.63, 3.8) is 0 Å². The number of nitrogen functional groups attached to an aromatic ring is 1. The number of benzene rings is 1. The number of carbonyl (C=O) groups is 11. The van der Waals surface area contributed by atoms with Crippen molar-refractivity contribution in [2.24, 2.45) is 16.5 Å². The van der Waals surface area contributed by atoms with E-state index in [1.807, 2.05) is 0 Å². The van der Waals surface area contributed by atoms with Crippen LogP contribution in [0.3, 0.4) is 0 Å². The number of carbonyl (C=O) groups excluding carboxylic acids is 7. The van der Waals surface area contributed by atoms with Crippen molar-refractivity contribution >= 4 is 107 Å². The third-order valence-electron chi connectivity index (χ3n) is 11.6. The summed E-state index contributed by atoms with van der Waals surface area (Å²) in [5.41, 5.74) is 17.1. The number of carboxylic acids is 4. The first-order valence-corrected chi connectivity index (χ1v) is 27.4. The summed E-state index contributed by atoms with van der Waals surface area (Å²) in [4.78, 5) is 169. The lowest BCUT2D eigenvalue weighted by atomic mass is 10.1. The van der Waals surface area contributed by atoms with Crippen molar-refractivity contribution in [1.29, 1.82) is 0 Å². The van der Waals surface area contributed by atoms with Crippen molar-refractivity contribution < 1.29 is 92.1 Å². The number of hydrogen-bond acceptors (Lipinski definition) is 23. The van der Waals surface area contributed by atoms with Crippen molar-refractivity contribution in [1.82, 2.24) is 57.2 Å². The lowest BCUT2D eigenvalue weighted by Crippen LogP contribution is -2.59. The maximum absolute atomic E-state index is 13.8. The lowest BCUT2D eigenvalue weighted by Gasteiger charge is -2.25. The Labute approximate surface area is 500 Å². The maximum atomic E-state index is 13.8. The van der Waals surface area contributed by atoms with Gasteiger partial charge in [0, 0.05) is 49.5 Å². The average molecular weight is 1250 g/mol. The van der Waals surface area contributed by atoms with E-state index >= 15 is 0 Å². The summed E-state index contributed by atoms with van der Waals surface area (Å²) < 4.78 is 21.4. The van der Waals surface area contributed by atoms with E-state index in [1.54, 1.807) is 12.1 Å². The predicted octanol–water partition coefficient (Wildman–Crippen LogP) is -5.09. The normalized spacial score (nSPS) is 12.6. The third-order valence-corrected chi connectivity index (χ3v) is 11.9. The summed E-state index contributed by atoms with van der Waals surface area (Å²) in [6.45, 7) is 0.664. The average Bonchev–Trinajstić information content (AvgIpc) is 2.37. The molecular formula is C50H72N16O20S. The van der Waals surface area contributed by atoms with E-state index in [-0.39, 0.29) is 146 Å². The highest BCUT2D eigenvalue weighted by Crippen LogP contribution is 2.13. The molecule has 3 rings (SSSR count). The molecule has 37 heteroatoms. The monoisotopic (exact) mass is 1250 g/mol. The van der Waals surface area contributed by atoms with E-state index < -0.39 is 120 Å². The number of fused-ring (bicyclic) bond motifs is 1. The highest BCUT2D eigenvalue weighted by Gasteiger charge is 2.34. The number of hydrogen-bond donors (Lipinski definition) is 17. The fraction of sp³-hybridized carbons (Fsp3) is 0.520. The summed E-state index contributed by atoms with van der Waals surface area (Å²) in [6, 6.07) is -2.10. The van der Waals surface area contributed by atoms with Crippen molar-refractivity contribution in [3.8, 4) is 0 Å². The van der Waals surface area contributed by atoms with Gasteiger partial charge in [-0.25, -0.2) is 14.8 Å². The predicted molar refractivity (Wildman–Crippen MR) is 306 cm³/mol. The Hall–Kier alpha value is -9.33. The molecule has 3 aromatic rings. The molecule has 1 aromatic carbocycles. The van der Waals surface area contributed by atoms with Crippen LogP contribution in [0.4, 0.5) is 11.6 Å². The van der Waals surface area contributed by atoms with Crippen molar-refractivity contribution in [2.45, 2.75) is 88.1 Å². The highest BCUT2D eigenvalue weighted by atomic mass is 32.1. The number of ether oxygens (including phenoxy) is 4. The second-order valence-corrected chi connectivity index (χ2v) is 18.8. The van der Waals surface area contributed by atoms with Crippen LogP contribution in [0.1, 0.15) is 67.4 Å². The van der Waals surface area contributed by atoms with Crippen LogP contribution in [0, 0.1) is 0 Å². The molecular weight excluding hydrogens is 1180 g/mol. The van der Waals surface area contributed by atoms with Crippen LogP contribution < -0.4 is 65.3 Å². The molecule has 0 aliphatic rings. The minimum Gasteiger partial charge on any atom is -0.481 e. The number of aromatic amines is 1. The SMILES string of the molecule is NC(N)=NCCC[C@H](NC(=O)[C@H](CC(=O)O)NC(=O)CCCNC(=O)c1ccc(NCc2cnc3nc(N)[nH]c(=O)c3n2)cc1)C(=O)N[C@@H](CC(=O)O)C(=O)N[C@@H](CC(=O)O)C(=O)NCCOCCOCCOCCOCCC(=O)N[C@@H](CS)C(=O)O. The zero-order chi connectivity index (χ0) is 64.3.